The second-order valence-electron chi connectivity index (χ2n) is 4.85. The highest BCUT2D eigenvalue weighted by Gasteiger charge is 2.29. The molecule has 2 heteroatoms. The fraction of sp³-hybridized carbons (Fsp3) is 0.538. The minimum atomic E-state index is 0.776. The Labute approximate surface area is 91.3 Å². The lowest BCUT2D eigenvalue weighted by atomic mass is 9.77. The Morgan fingerprint density at radius 2 is 2.13 bits per heavy atom. The standard InChI is InChI=1S/C13H18N2/c1-15(12-7-14-8-12)9-11-6-10-4-2-3-5-13(10)11/h2-5,11-12,14H,6-9H2,1H3. The van der Waals surface area contributed by atoms with Crippen LogP contribution in [-0.2, 0) is 6.42 Å². The summed E-state index contributed by atoms with van der Waals surface area (Å²) in [6.45, 7) is 3.57. The van der Waals surface area contributed by atoms with E-state index in [1.807, 2.05) is 0 Å². The van der Waals surface area contributed by atoms with Gasteiger partial charge in [-0.15, -0.1) is 0 Å². The number of benzene rings is 1. The maximum atomic E-state index is 3.33. The third-order valence-corrected chi connectivity index (χ3v) is 3.85. The van der Waals surface area contributed by atoms with Crippen LogP contribution in [-0.4, -0.2) is 37.6 Å². The summed E-state index contributed by atoms with van der Waals surface area (Å²) in [6.07, 6.45) is 1.28. The van der Waals surface area contributed by atoms with Crippen LogP contribution in [0.2, 0.25) is 0 Å². The molecule has 1 aromatic rings. The third-order valence-electron chi connectivity index (χ3n) is 3.85. The molecule has 80 valence electrons. The van der Waals surface area contributed by atoms with Crippen molar-refractivity contribution in [2.24, 2.45) is 0 Å². The molecule has 0 radical (unpaired) electrons. The summed E-state index contributed by atoms with van der Waals surface area (Å²) in [7, 11) is 2.26. The van der Waals surface area contributed by atoms with Gasteiger partial charge in [-0.05, 0) is 24.6 Å². The van der Waals surface area contributed by atoms with E-state index >= 15 is 0 Å². The largest absolute Gasteiger partial charge is 0.314 e. The molecule has 1 aliphatic carbocycles. The van der Waals surface area contributed by atoms with Gasteiger partial charge in [0.1, 0.15) is 0 Å². The summed E-state index contributed by atoms with van der Waals surface area (Å²) >= 11 is 0. The molecule has 0 saturated carbocycles. The topological polar surface area (TPSA) is 15.3 Å². The van der Waals surface area contributed by atoms with Crippen molar-refractivity contribution in [1.29, 1.82) is 0 Å². The van der Waals surface area contributed by atoms with Gasteiger partial charge < -0.3 is 10.2 Å². The summed E-state index contributed by atoms with van der Waals surface area (Å²) in [5.74, 6) is 0.784. The van der Waals surface area contributed by atoms with Gasteiger partial charge in [-0.1, -0.05) is 24.3 Å². The highest BCUT2D eigenvalue weighted by atomic mass is 15.2. The first-order chi connectivity index (χ1) is 7.34. The predicted molar refractivity (Wildman–Crippen MR) is 62.2 cm³/mol. The van der Waals surface area contributed by atoms with Crippen LogP contribution in [0, 0.1) is 0 Å². The fourth-order valence-electron chi connectivity index (χ4n) is 2.61. The van der Waals surface area contributed by atoms with Crippen molar-refractivity contribution in [1.82, 2.24) is 10.2 Å². The van der Waals surface area contributed by atoms with Crippen LogP contribution < -0.4 is 5.32 Å². The Morgan fingerprint density at radius 1 is 1.33 bits per heavy atom. The van der Waals surface area contributed by atoms with Crippen LogP contribution in [0.5, 0.6) is 0 Å². The molecule has 1 heterocycles. The van der Waals surface area contributed by atoms with Gasteiger partial charge in [-0.3, -0.25) is 0 Å². The molecule has 0 bridgehead atoms. The van der Waals surface area contributed by atoms with Gasteiger partial charge in [0.05, 0.1) is 0 Å². The first-order valence-electron chi connectivity index (χ1n) is 5.83. The third kappa shape index (κ3) is 1.58. The molecule has 2 aliphatic rings. The second kappa shape index (κ2) is 3.62. The van der Waals surface area contributed by atoms with Crippen LogP contribution in [0.3, 0.4) is 0 Å². The smallest absolute Gasteiger partial charge is 0.0342 e. The van der Waals surface area contributed by atoms with E-state index in [4.69, 9.17) is 0 Å². The van der Waals surface area contributed by atoms with Crippen molar-refractivity contribution in [3.05, 3.63) is 35.4 Å². The van der Waals surface area contributed by atoms with Crippen LogP contribution in [0.4, 0.5) is 0 Å². The summed E-state index contributed by atoms with van der Waals surface area (Å²) in [5.41, 5.74) is 3.14. The van der Waals surface area contributed by atoms with Crippen LogP contribution in [0.15, 0.2) is 24.3 Å². The van der Waals surface area contributed by atoms with E-state index in [-0.39, 0.29) is 0 Å². The van der Waals surface area contributed by atoms with Gasteiger partial charge in [0.15, 0.2) is 0 Å². The average molecular weight is 202 g/mol. The number of hydrogen-bond acceptors (Lipinski definition) is 2. The summed E-state index contributed by atoms with van der Waals surface area (Å²) in [5, 5.41) is 3.33. The molecule has 1 N–H and O–H groups in total. The van der Waals surface area contributed by atoms with Gasteiger partial charge in [0.2, 0.25) is 0 Å². The number of nitrogens with one attached hydrogen (secondary N) is 1. The number of fused-ring (bicyclic) bond motifs is 1. The number of nitrogens with zero attached hydrogens (tertiary/aromatic N) is 1. The molecule has 1 atom stereocenters. The lowest BCUT2D eigenvalue weighted by Crippen LogP contribution is -2.56. The molecule has 0 spiro atoms. The van der Waals surface area contributed by atoms with Gasteiger partial charge in [0.25, 0.3) is 0 Å². The lowest BCUT2D eigenvalue weighted by Gasteiger charge is -2.40. The van der Waals surface area contributed by atoms with E-state index < -0.39 is 0 Å². The molecule has 1 aromatic carbocycles. The molecule has 0 aromatic heterocycles. The van der Waals surface area contributed by atoms with E-state index in [0.29, 0.717) is 0 Å². The molecule has 1 fully saturated rings. The maximum Gasteiger partial charge on any atom is 0.0342 e. The van der Waals surface area contributed by atoms with Crippen LogP contribution >= 0.6 is 0 Å². The Kier molecular flexibility index (Phi) is 2.26. The minimum Gasteiger partial charge on any atom is -0.314 e. The molecule has 0 amide bonds. The number of likely N-dealkylation sites (N-methyl/N-ethyl adjacent to an activating group) is 1. The van der Waals surface area contributed by atoms with Crippen molar-refractivity contribution in [3.63, 3.8) is 0 Å². The van der Waals surface area contributed by atoms with Crippen molar-refractivity contribution < 1.29 is 0 Å². The van der Waals surface area contributed by atoms with E-state index in [1.54, 1.807) is 11.1 Å². The van der Waals surface area contributed by atoms with E-state index in [9.17, 15) is 0 Å². The zero-order valence-electron chi connectivity index (χ0n) is 9.24. The summed E-state index contributed by atoms with van der Waals surface area (Å²) in [6, 6.07) is 9.63. The zero-order chi connectivity index (χ0) is 10.3. The molecule has 1 saturated heterocycles. The molecule has 1 unspecified atom stereocenters. The number of rotatable bonds is 3. The van der Waals surface area contributed by atoms with E-state index in [2.05, 4.69) is 41.5 Å². The monoisotopic (exact) mass is 202 g/mol. The normalized spacial score (nSPS) is 24.5. The SMILES string of the molecule is CN(CC1Cc2ccccc21)C1CNC1. The van der Waals surface area contributed by atoms with Crippen molar-refractivity contribution in [2.45, 2.75) is 18.4 Å². The highest BCUT2D eigenvalue weighted by molar-refractivity contribution is 5.40. The highest BCUT2D eigenvalue weighted by Crippen LogP contribution is 2.35. The van der Waals surface area contributed by atoms with Gasteiger partial charge in [-0.2, -0.15) is 0 Å². The Hall–Kier alpha value is -0.860. The molecule has 1 aliphatic heterocycles. The molecular weight excluding hydrogens is 184 g/mol. The maximum absolute atomic E-state index is 3.33. The zero-order valence-corrected chi connectivity index (χ0v) is 9.24. The first-order valence-corrected chi connectivity index (χ1v) is 5.83. The van der Waals surface area contributed by atoms with Gasteiger partial charge in [0, 0.05) is 31.6 Å². The van der Waals surface area contributed by atoms with Crippen molar-refractivity contribution >= 4 is 0 Å². The molecular formula is C13H18N2. The summed E-state index contributed by atoms with van der Waals surface area (Å²) in [4.78, 5) is 2.51. The minimum absolute atomic E-state index is 0.776. The Bertz CT molecular complexity index is 357. The molecule has 2 nitrogen and oxygen atoms in total. The van der Waals surface area contributed by atoms with Crippen LogP contribution in [0.1, 0.15) is 17.0 Å². The number of hydrogen-bond donors (Lipinski definition) is 1. The predicted octanol–water partition coefficient (Wildman–Crippen LogP) is 1.23. The second-order valence-corrected chi connectivity index (χ2v) is 4.85. The van der Waals surface area contributed by atoms with Gasteiger partial charge >= 0.3 is 0 Å². The van der Waals surface area contributed by atoms with E-state index in [0.717, 1.165) is 12.0 Å². The Morgan fingerprint density at radius 3 is 2.80 bits per heavy atom. The summed E-state index contributed by atoms with van der Waals surface area (Å²) < 4.78 is 0. The quantitative estimate of drug-likeness (QED) is 0.793. The first kappa shape index (κ1) is 9.37. The average Bonchev–Trinajstić information content (AvgIpc) is 2.11. The van der Waals surface area contributed by atoms with Crippen LogP contribution in [0.25, 0.3) is 0 Å². The van der Waals surface area contributed by atoms with Gasteiger partial charge in [-0.25, -0.2) is 0 Å². The van der Waals surface area contributed by atoms with Crippen molar-refractivity contribution in [3.8, 4) is 0 Å². The van der Waals surface area contributed by atoms with E-state index in [1.165, 1.54) is 26.1 Å². The fourth-order valence-corrected chi connectivity index (χ4v) is 2.61. The lowest BCUT2D eigenvalue weighted by molar-refractivity contribution is 0.166. The van der Waals surface area contributed by atoms with Crippen molar-refractivity contribution in [2.75, 3.05) is 26.7 Å². The molecule has 3 rings (SSSR count). The Balaban J connectivity index is 1.62. The molecule has 15 heavy (non-hydrogen) atoms.